The van der Waals surface area contributed by atoms with Gasteiger partial charge in [-0.25, -0.2) is 0 Å². The molecule has 0 bridgehead atoms. The number of hydrogen-bond acceptors (Lipinski definition) is 9. The van der Waals surface area contributed by atoms with Crippen LogP contribution in [0.25, 0.3) is 0 Å². The maximum atomic E-state index is 12.6. The standard InChI is InChI=1S/C27H50N2O9/c1-18(2)37-17-20-14-21(31)15-29(20)24(33)11-7-4-8-12-28-23(32)10-6-5-9-13-36-27-19(3)25(34)26(35)22(16-30)38-27/h18-22,25-27,30-31,34-35H,4-17H2,1-3H3,(H,28,32)/t19?,20-,21+,22?,25+,26?,27+/m0/s1. The van der Waals surface area contributed by atoms with E-state index in [9.17, 15) is 30.0 Å². The van der Waals surface area contributed by atoms with Crippen LogP contribution in [0, 0.1) is 5.92 Å². The van der Waals surface area contributed by atoms with Crippen molar-refractivity contribution in [2.75, 3.05) is 32.9 Å². The summed E-state index contributed by atoms with van der Waals surface area (Å²) < 4.78 is 16.9. The van der Waals surface area contributed by atoms with E-state index >= 15 is 0 Å². The number of likely N-dealkylation sites (tertiary alicyclic amines) is 1. The molecule has 2 heterocycles. The number of aliphatic hydroxyl groups is 4. The van der Waals surface area contributed by atoms with Gasteiger partial charge in [-0.15, -0.1) is 0 Å². The van der Waals surface area contributed by atoms with Crippen molar-refractivity contribution < 1.29 is 44.2 Å². The van der Waals surface area contributed by atoms with Crippen LogP contribution in [-0.2, 0) is 23.8 Å². The molecule has 7 atom stereocenters. The lowest BCUT2D eigenvalue weighted by atomic mass is 9.92. The summed E-state index contributed by atoms with van der Waals surface area (Å²) in [6.07, 6.45) is 2.00. The summed E-state index contributed by atoms with van der Waals surface area (Å²) in [6.45, 7) is 7.06. The van der Waals surface area contributed by atoms with Gasteiger partial charge >= 0.3 is 0 Å². The van der Waals surface area contributed by atoms with Gasteiger partial charge in [0.2, 0.25) is 11.8 Å². The maximum absolute atomic E-state index is 12.6. The van der Waals surface area contributed by atoms with Gasteiger partial charge in [-0.2, -0.15) is 0 Å². The Bertz CT molecular complexity index is 693. The van der Waals surface area contributed by atoms with Crippen molar-refractivity contribution in [2.45, 2.75) is 121 Å². The third kappa shape index (κ3) is 11.0. The van der Waals surface area contributed by atoms with E-state index in [0.29, 0.717) is 45.6 Å². The summed E-state index contributed by atoms with van der Waals surface area (Å²) >= 11 is 0. The highest BCUT2D eigenvalue weighted by Crippen LogP contribution is 2.27. The highest BCUT2D eigenvalue weighted by atomic mass is 16.7. The Morgan fingerprint density at radius 1 is 1.03 bits per heavy atom. The fourth-order valence-electron chi connectivity index (χ4n) is 4.87. The molecule has 11 heteroatoms. The van der Waals surface area contributed by atoms with Gasteiger partial charge in [0.25, 0.3) is 0 Å². The number of β-amino-alcohol motifs (C(OH)–C–C–N with tert-alkyl or cyclic N) is 1. The van der Waals surface area contributed by atoms with Crippen LogP contribution < -0.4 is 5.32 Å². The SMILES string of the molecule is CC(C)OC[C@@H]1C[C@@H](O)CN1C(=O)CCCCCNC(=O)CCCCCO[C@@H]1OC(CO)C(O)[C@H](O)C1C. The van der Waals surface area contributed by atoms with Gasteiger partial charge in [0.05, 0.1) is 37.6 Å². The van der Waals surface area contributed by atoms with Crippen molar-refractivity contribution in [2.24, 2.45) is 5.92 Å². The lowest BCUT2D eigenvalue weighted by molar-refractivity contribution is -0.282. The fraction of sp³-hybridized carbons (Fsp3) is 0.926. The molecule has 0 radical (unpaired) electrons. The molecule has 0 saturated carbocycles. The van der Waals surface area contributed by atoms with Gasteiger partial charge in [-0.05, 0) is 46.0 Å². The molecule has 11 nitrogen and oxygen atoms in total. The van der Waals surface area contributed by atoms with E-state index < -0.39 is 43.2 Å². The number of hydrogen-bond donors (Lipinski definition) is 5. The highest BCUT2D eigenvalue weighted by Gasteiger charge is 2.42. The number of carbonyl (C=O) groups is 2. The maximum Gasteiger partial charge on any atom is 0.222 e. The summed E-state index contributed by atoms with van der Waals surface area (Å²) in [5.41, 5.74) is 0. The zero-order chi connectivity index (χ0) is 28.1. The Kier molecular flexibility index (Phi) is 15.0. The second-order valence-corrected chi connectivity index (χ2v) is 10.9. The van der Waals surface area contributed by atoms with Gasteiger partial charge < -0.3 is 44.9 Å². The van der Waals surface area contributed by atoms with Crippen LogP contribution in [0.15, 0.2) is 0 Å². The monoisotopic (exact) mass is 546 g/mol. The third-order valence-electron chi connectivity index (χ3n) is 7.24. The largest absolute Gasteiger partial charge is 0.394 e. The first-order valence-electron chi connectivity index (χ1n) is 14.2. The molecular formula is C27H50N2O9. The number of carbonyl (C=O) groups excluding carboxylic acids is 2. The van der Waals surface area contributed by atoms with Crippen molar-refractivity contribution >= 4 is 11.8 Å². The van der Waals surface area contributed by atoms with Crippen LogP contribution in [-0.4, -0.2) is 113 Å². The molecule has 0 spiro atoms. The van der Waals surface area contributed by atoms with Gasteiger partial charge in [0.1, 0.15) is 12.2 Å². The zero-order valence-corrected chi connectivity index (χ0v) is 23.3. The minimum atomic E-state index is -1.14. The van der Waals surface area contributed by atoms with E-state index in [1.54, 1.807) is 11.8 Å². The van der Waals surface area contributed by atoms with Crippen LogP contribution in [0.4, 0.5) is 0 Å². The Morgan fingerprint density at radius 2 is 1.74 bits per heavy atom. The predicted octanol–water partition coefficient (Wildman–Crippen LogP) is 0.702. The number of ether oxygens (including phenoxy) is 3. The summed E-state index contributed by atoms with van der Waals surface area (Å²) in [4.78, 5) is 26.4. The topological polar surface area (TPSA) is 158 Å². The Hall–Kier alpha value is -1.34. The second-order valence-electron chi connectivity index (χ2n) is 10.9. The van der Waals surface area contributed by atoms with Crippen molar-refractivity contribution in [1.29, 1.82) is 0 Å². The van der Waals surface area contributed by atoms with E-state index in [2.05, 4.69) is 5.32 Å². The summed E-state index contributed by atoms with van der Waals surface area (Å²) in [5.74, 6) is -0.349. The van der Waals surface area contributed by atoms with Crippen LogP contribution in [0.5, 0.6) is 0 Å². The molecular weight excluding hydrogens is 496 g/mol. The molecule has 5 N–H and O–H groups in total. The molecule has 222 valence electrons. The lowest BCUT2D eigenvalue weighted by Crippen LogP contribution is -2.55. The van der Waals surface area contributed by atoms with Crippen molar-refractivity contribution in [3.8, 4) is 0 Å². The van der Waals surface area contributed by atoms with Gasteiger partial charge in [0.15, 0.2) is 6.29 Å². The molecule has 2 aliphatic rings. The number of rotatable bonds is 17. The number of aliphatic hydroxyl groups excluding tert-OH is 4. The van der Waals surface area contributed by atoms with Crippen molar-refractivity contribution in [3.05, 3.63) is 0 Å². The molecule has 3 unspecified atom stereocenters. The van der Waals surface area contributed by atoms with E-state index in [-0.39, 0.29) is 24.0 Å². The summed E-state index contributed by atoms with van der Waals surface area (Å²) in [7, 11) is 0. The van der Waals surface area contributed by atoms with E-state index in [0.717, 1.165) is 38.5 Å². The molecule has 2 saturated heterocycles. The van der Waals surface area contributed by atoms with E-state index in [4.69, 9.17) is 14.2 Å². The Balaban J connectivity index is 1.47. The molecule has 0 aromatic rings. The first-order valence-corrected chi connectivity index (χ1v) is 14.2. The van der Waals surface area contributed by atoms with Crippen LogP contribution in [0.1, 0.15) is 78.6 Å². The zero-order valence-electron chi connectivity index (χ0n) is 23.3. The van der Waals surface area contributed by atoms with E-state index in [1.165, 1.54) is 0 Å². The van der Waals surface area contributed by atoms with Crippen molar-refractivity contribution in [3.63, 3.8) is 0 Å². The average Bonchev–Trinajstić information content (AvgIpc) is 3.27. The highest BCUT2D eigenvalue weighted by molar-refractivity contribution is 5.77. The molecule has 0 aliphatic carbocycles. The van der Waals surface area contributed by atoms with Gasteiger partial charge in [-0.1, -0.05) is 19.8 Å². The molecule has 2 rings (SSSR count). The van der Waals surface area contributed by atoms with Crippen LogP contribution in [0.3, 0.4) is 0 Å². The van der Waals surface area contributed by atoms with Crippen LogP contribution in [0.2, 0.25) is 0 Å². The summed E-state index contributed by atoms with van der Waals surface area (Å²) in [5, 5.41) is 42.1. The first kappa shape index (κ1) is 32.9. The number of nitrogens with zero attached hydrogens (tertiary/aromatic N) is 1. The molecule has 0 aromatic carbocycles. The second kappa shape index (κ2) is 17.4. The fourth-order valence-corrected chi connectivity index (χ4v) is 4.87. The van der Waals surface area contributed by atoms with E-state index in [1.807, 2.05) is 13.8 Å². The quantitative estimate of drug-likeness (QED) is 0.166. The Morgan fingerprint density at radius 3 is 2.45 bits per heavy atom. The molecule has 2 amide bonds. The molecule has 0 aromatic heterocycles. The van der Waals surface area contributed by atoms with Gasteiger partial charge in [-0.3, -0.25) is 9.59 Å². The smallest absolute Gasteiger partial charge is 0.222 e. The molecule has 2 aliphatic heterocycles. The Labute approximate surface area is 226 Å². The molecule has 2 fully saturated rings. The molecule has 38 heavy (non-hydrogen) atoms. The van der Waals surface area contributed by atoms with Crippen molar-refractivity contribution in [1.82, 2.24) is 10.2 Å². The average molecular weight is 547 g/mol. The minimum absolute atomic E-state index is 0.00757. The summed E-state index contributed by atoms with van der Waals surface area (Å²) in [6, 6.07) is -0.0598. The van der Waals surface area contributed by atoms with Gasteiger partial charge in [0, 0.05) is 38.5 Å². The normalized spacial score (nSPS) is 29.7. The third-order valence-corrected chi connectivity index (χ3v) is 7.24. The first-order chi connectivity index (χ1) is 18.1. The minimum Gasteiger partial charge on any atom is -0.394 e. The lowest BCUT2D eigenvalue weighted by Gasteiger charge is -2.40. The number of unbranched alkanes of at least 4 members (excludes halogenated alkanes) is 4. The number of amides is 2. The predicted molar refractivity (Wildman–Crippen MR) is 140 cm³/mol. The van der Waals surface area contributed by atoms with Crippen LogP contribution >= 0.6 is 0 Å². The number of nitrogens with one attached hydrogen (secondary N) is 1.